The van der Waals surface area contributed by atoms with Gasteiger partial charge in [0, 0.05) is 32.6 Å². The van der Waals surface area contributed by atoms with Gasteiger partial charge in [-0.1, -0.05) is 80.4 Å². The lowest BCUT2D eigenvalue weighted by atomic mass is 10.0. The quantitative estimate of drug-likeness (QED) is 0.0961. The second kappa shape index (κ2) is 19.7. The van der Waals surface area contributed by atoms with Crippen molar-refractivity contribution in [2.45, 2.75) is 76.5 Å². The van der Waals surface area contributed by atoms with Crippen LogP contribution in [-0.4, -0.2) is 102 Å². The Morgan fingerprint density at radius 2 is 1.31 bits per heavy atom. The van der Waals surface area contributed by atoms with Crippen LogP contribution in [0.15, 0.2) is 65.7 Å². The number of nitrogens with two attached hydrogens (primary N) is 3. The number of carbonyl (C=O) groups excluding carboxylic acids is 4. The standard InChI is InChI=1S/C35H52N10O4/c1-3-4-16-28(32(47)43-30(23-40-35(38)39)34(49)45-18-11-17-44(19-20-45)24(2)36)41-33(48)29(22-26-14-9-6-10-15-26)42-31(46)27(37)21-25-12-7-5-8-13-25/h5-10,12-15,27-30,36H,3-4,11,16-23,37H2,1-2H3,(H,41,48)(H,42,46)(H,43,47)(H4,38,39,40)/t27-,28-,29-,30-/m1/s1. The summed E-state index contributed by atoms with van der Waals surface area (Å²) >= 11 is 0. The van der Waals surface area contributed by atoms with E-state index in [4.69, 9.17) is 22.6 Å². The van der Waals surface area contributed by atoms with Crippen LogP contribution in [0.4, 0.5) is 0 Å². The normalized spacial score (nSPS) is 15.5. The molecule has 1 saturated heterocycles. The molecule has 1 heterocycles. The van der Waals surface area contributed by atoms with Crippen LogP contribution in [-0.2, 0) is 32.0 Å². The summed E-state index contributed by atoms with van der Waals surface area (Å²) in [6, 6.07) is 14.6. The molecule has 0 unspecified atom stereocenters. The number of hydrogen-bond acceptors (Lipinski definition) is 7. The van der Waals surface area contributed by atoms with Gasteiger partial charge in [-0.05, 0) is 37.3 Å². The van der Waals surface area contributed by atoms with Crippen LogP contribution in [0.5, 0.6) is 0 Å². The molecular formula is C35H52N10O4. The third kappa shape index (κ3) is 12.9. The van der Waals surface area contributed by atoms with E-state index in [1.165, 1.54) is 0 Å². The first-order valence-electron chi connectivity index (χ1n) is 16.9. The first kappa shape index (κ1) is 38.5. The number of aliphatic imine (C=N–C) groups is 1. The highest BCUT2D eigenvalue weighted by Crippen LogP contribution is 2.10. The summed E-state index contributed by atoms with van der Waals surface area (Å²) in [5, 5.41) is 16.4. The second-order valence-corrected chi connectivity index (χ2v) is 12.3. The molecule has 3 rings (SSSR count). The number of unbranched alkanes of at least 4 members (excludes halogenated alkanes) is 1. The van der Waals surface area contributed by atoms with Gasteiger partial charge in [-0.2, -0.15) is 0 Å². The predicted octanol–water partition coefficient (Wildman–Crippen LogP) is 0.249. The lowest BCUT2D eigenvalue weighted by Gasteiger charge is -2.28. The number of rotatable bonds is 16. The molecule has 4 amide bonds. The Morgan fingerprint density at radius 3 is 1.90 bits per heavy atom. The molecule has 1 aliphatic heterocycles. The summed E-state index contributed by atoms with van der Waals surface area (Å²) in [6.07, 6.45) is 2.79. The zero-order valence-corrected chi connectivity index (χ0v) is 28.6. The van der Waals surface area contributed by atoms with Gasteiger partial charge in [0.1, 0.15) is 18.1 Å². The van der Waals surface area contributed by atoms with E-state index in [-0.39, 0.29) is 31.3 Å². The number of amidine groups is 1. The molecule has 0 spiro atoms. The number of benzene rings is 2. The maximum absolute atomic E-state index is 13.8. The van der Waals surface area contributed by atoms with Crippen molar-refractivity contribution in [1.29, 1.82) is 5.41 Å². The molecule has 266 valence electrons. The highest BCUT2D eigenvalue weighted by atomic mass is 16.2. The van der Waals surface area contributed by atoms with Crippen LogP contribution in [0.3, 0.4) is 0 Å². The van der Waals surface area contributed by atoms with E-state index in [0.29, 0.717) is 51.3 Å². The summed E-state index contributed by atoms with van der Waals surface area (Å²) in [5.74, 6) is -1.77. The predicted molar refractivity (Wildman–Crippen MR) is 190 cm³/mol. The minimum atomic E-state index is -1.08. The van der Waals surface area contributed by atoms with Crippen molar-refractivity contribution >= 4 is 35.4 Å². The summed E-state index contributed by atoms with van der Waals surface area (Å²) in [6.45, 7) is 5.44. The SMILES string of the molecule is CCCC[C@@H](NC(=O)[C@@H](Cc1ccccc1)NC(=O)[C@H](N)Cc1ccccc1)C(=O)N[C@H](CN=C(N)N)C(=O)N1CCCN(C(C)=N)CC1. The van der Waals surface area contributed by atoms with Gasteiger partial charge < -0.3 is 43.0 Å². The molecule has 0 radical (unpaired) electrons. The van der Waals surface area contributed by atoms with Gasteiger partial charge in [0.05, 0.1) is 18.4 Å². The van der Waals surface area contributed by atoms with Crippen molar-refractivity contribution in [3.05, 3.63) is 71.8 Å². The van der Waals surface area contributed by atoms with Gasteiger partial charge in [0.15, 0.2) is 5.96 Å². The van der Waals surface area contributed by atoms with Gasteiger partial charge in [-0.3, -0.25) is 29.6 Å². The Morgan fingerprint density at radius 1 is 0.776 bits per heavy atom. The Hall–Kier alpha value is -4.98. The summed E-state index contributed by atoms with van der Waals surface area (Å²) in [5.41, 5.74) is 19.1. The third-order valence-electron chi connectivity index (χ3n) is 8.38. The van der Waals surface area contributed by atoms with Gasteiger partial charge in [0.2, 0.25) is 23.6 Å². The molecule has 4 atom stereocenters. The average molecular weight is 677 g/mol. The topological polar surface area (TPSA) is 225 Å². The van der Waals surface area contributed by atoms with E-state index in [0.717, 1.165) is 17.5 Å². The fraction of sp³-hybridized carbons (Fsp3) is 0.486. The van der Waals surface area contributed by atoms with Gasteiger partial charge in [0.25, 0.3) is 0 Å². The molecule has 10 N–H and O–H groups in total. The molecule has 49 heavy (non-hydrogen) atoms. The van der Waals surface area contributed by atoms with E-state index < -0.39 is 41.9 Å². The van der Waals surface area contributed by atoms with Crippen molar-refractivity contribution in [2.75, 3.05) is 32.7 Å². The maximum Gasteiger partial charge on any atom is 0.247 e. The van der Waals surface area contributed by atoms with E-state index in [1.807, 2.05) is 72.5 Å². The van der Waals surface area contributed by atoms with Gasteiger partial charge in [-0.25, -0.2) is 0 Å². The number of nitrogens with one attached hydrogen (secondary N) is 4. The fourth-order valence-electron chi connectivity index (χ4n) is 5.60. The number of hydrogen-bond donors (Lipinski definition) is 7. The van der Waals surface area contributed by atoms with Crippen molar-refractivity contribution in [3.8, 4) is 0 Å². The lowest BCUT2D eigenvalue weighted by molar-refractivity contribution is -0.137. The molecule has 14 heteroatoms. The van der Waals surface area contributed by atoms with Crippen LogP contribution in [0.25, 0.3) is 0 Å². The van der Waals surface area contributed by atoms with Crippen LogP contribution in [0.2, 0.25) is 0 Å². The number of guanidine groups is 1. The number of carbonyl (C=O) groups is 4. The molecule has 2 aromatic carbocycles. The molecule has 0 aliphatic carbocycles. The molecule has 1 aliphatic rings. The highest BCUT2D eigenvalue weighted by Gasteiger charge is 2.32. The average Bonchev–Trinajstić information content (AvgIpc) is 3.35. The Kier molecular flexibility index (Phi) is 15.5. The Bertz CT molecular complexity index is 1420. The van der Waals surface area contributed by atoms with E-state index in [2.05, 4.69) is 20.9 Å². The summed E-state index contributed by atoms with van der Waals surface area (Å²) < 4.78 is 0. The lowest BCUT2D eigenvalue weighted by Crippen LogP contribution is -2.59. The molecule has 2 aromatic rings. The minimum Gasteiger partial charge on any atom is -0.370 e. The number of amides is 4. The van der Waals surface area contributed by atoms with Crippen molar-refractivity contribution in [2.24, 2.45) is 22.2 Å². The fourth-order valence-corrected chi connectivity index (χ4v) is 5.60. The van der Waals surface area contributed by atoms with Gasteiger partial charge >= 0.3 is 0 Å². The Balaban J connectivity index is 1.78. The molecular weight excluding hydrogens is 624 g/mol. The minimum absolute atomic E-state index is 0.172. The number of nitrogens with zero attached hydrogens (tertiary/aromatic N) is 3. The van der Waals surface area contributed by atoms with Crippen LogP contribution in [0.1, 0.15) is 50.7 Å². The maximum atomic E-state index is 13.8. The largest absolute Gasteiger partial charge is 0.370 e. The zero-order chi connectivity index (χ0) is 35.8. The highest BCUT2D eigenvalue weighted by molar-refractivity contribution is 5.95. The molecule has 14 nitrogen and oxygen atoms in total. The molecule has 0 bridgehead atoms. The van der Waals surface area contributed by atoms with Crippen LogP contribution < -0.4 is 33.2 Å². The molecule has 1 fully saturated rings. The van der Waals surface area contributed by atoms with Crippen molar-refractivity contribution in [1.82, 2.24) is 25.8 Å². The van der Waals surface area contributed by atoms with E-state index in [1.54, 1.807) is 11.8 Å². The smallest absolute Gasteiger partial charge is 0.247 e. The summed E-state index contributed by atoms with van der Waals surface area (Å²) in [7, 11) is 0. The Labute approximate surface area is 288 Å². The summed E-state index contributed by atoms with van der Waals surface area (Å²) in [4.78, 5) is 62.1. The zero-order valence-electron chi connectivity index (χ0n) is 28.6. The third-order valence-corrected chi connectivity index (χ3v) is 8.38. The van der Waals surface area contributed by atoms with Crippen molar-refractivity contribution in [3.63, 3.8) is 0 Å². The van der Waals surface area contributed by atoms with Crippen molar-refractivity contribution < 1.29 is 19.2 Å². The van der Waals surface area contributed by atoms with Crippen LogP contribution >= 0.6 is 0 Å². The van der Waals surface area contributed by atoms with Gasteiger partial charge in [-0.15, -0.1) is 0 Å². The first-order chi connectivity index (χ1) is 23.5. The molecule has 0 saturated carbocycles. The first-order valence-corrected chi connectivity index (χ1v) is 16.9. The van der Waals surface area contributed by atoms with E-state index in [9.17, 15) is 19.2 Å². The van der Waals surface area contributed by atoms with E-state index >= 15 is 0 Å². The second-order valence-electron chi connectivity index (χ2n) is 12.3. The monoisotopic (exact) mass is 676 g/mol. The van der Waals surface area contributed by atoms with Crippen LogP contribution in [0, 0.1) is 5.41 Å². The molecule has 0 aromatic heterocycles.